The topological polar surface area (TPSA) is 76.5 Å². The van der Waals surface area contributed by atoms with E-state index in [9.17, 15) is 0 Å². The summed E-state index contributed by atoms with van der Waals surface area (Å²) in [5.41, 5.74) is 8.07. The Labute approximate surface area is 83.8 Å². The van der Waals surface area contributed by atoms with Crippen molar-refractivity contribution >= 4 is 0 Å². The third kappa shape index (κ3) is 9.28. The molecule has 0 saturated carbocycles. The molecule has 14 heavy (non-hydrogen) atoms. The number of hydrogen-bond donors (Lipinski definition) is 0. The average molecular weight is 203 g/mol. The van der Waals surface area contributed by atoms with E-state index in [1.807, 2.05) is 6.92 Å². The Morgan fingerprint density at radius 1 is 1.21 bits per heavy atom. The van der Waals surface area contributed by atoms with E-state index in [0.717, 1.165) is 0 Å². The van der Waals surface area contributed by atoms with Gasteiger partial charge in [-0.25, -0.2) is 0 Å². The van der Waals surface area contributed by atoms with Crippen molar-refractivity contribution in [3.05, 3.63) is 10.4 Å². The summed E-state index contributed by atoms with van der Waals surface area (Å²) in [5.74, 6) is 0. The molecular weight excluding hydrogens is 186 g/mol. The number of ether oxygens (including phenoxy) is 3. The summed E-state index contributed by atoms with van der Waals surface area (Å²) in [5, 5.41) is 3.35. The Hall–Kier alpha value is -0.810. The van der Waals surface area contributed by atoms with Gasteiger partial charge in [0.25, 0.3) is 0 Å². The highest BCUT2D eigenvalue weighted by Gasteiger charge is 1.96. The van der Waals surface area contributed by atoms with E-state index in [1.165, 1.54) is 0 Å². The summed E-state index contributed by atoms with van der Waals surface area (Å²) in [6.07, 6.45) is -0.435. The van der Waals surface area contributed by atoms with Crippen LogP contribution in [-0.4, -0.2) is 39.3 Å². The van der Waals surface area contributed by atoms with Crippen LogP contribution in [-0.2, 0) is 14.2 Å². The number of azide groups is 1. The molecule has 0 fully saturated rings. The molecule has 0 amide bonds. The third-order valence-electron chi connectivity index (χ3n) is 1.38. The smallest absolute Gasteiger partial charge is 0.133 e. The molecule has 6 nitrogen and oxygen atoms in total. The molecule has 1 atom stereocenters. The van der Waals surface area contributed by atoms with Gasteiger partial charge in [-0.05, 0) is 19.4 Å². The maximum Gasteiger partial charge on any atom is 0.133 e. The van der Waals surface area contributed by atoms with Crippen molar-refractivity contribution in [3.63, 3.8) is 0 Å². The van der Waals surface area contributed by atoms with E-state index < -0.39 is 6.23 Å². The summed E-state index contributed by atoms with van der Waals surface area (Å²) >= 11 is 0. The van der Waals surface area contributed by atoms with Crippen LogP contribution in [0.25, 0.3) is 10.4 Å². The predicted octanol–water partition coefficient (Wildman–Crippen LogP) is 1.71. The minimum Gasteiger partial charge on any atom is -0.379 e. The largest absolute Gasteiger partial charge is 0.379 e. The molecule has 6 heteroatoms. The van der Waals surface area contributed by atoms with Crippen molar-refractivity contribution < 1.29 is 14.2 Å². The third-order valence-corrected chi connectivity index (χ3v) is 1.38. The van der Waals surface area contributed by atoms with Crippen molar-refractivity contribution in [2.75, 3.05) is 33.0 Å². The van der Waals surface area contributed by atoms with Crippen molar-refractivity contribution in [2.45, 2.75) is 20.1 Å². The fraction of sp³-hybridized carbons (Fsp3) is 1.00. The van der Waals surface area contributed by atoms with Gasteiger partial charge < -0.3 is 14.2 Å². The first kappa shape index (κ1) is 13.2. The molecule has 0 aromatic heterocycles. The minimum atomic E-state index is -0.435. The molecule has 0 unspecified atom stereocenters. The van der Waals surface area contributed by atoms with Crippen LogP contribution >= 0.6 is 0 Å². The van der Waals surface area contributed by atoms with Crippen molar-refractivity contribution in [3.8, 4) is 0 Å². The van der Waals surface area contributed by atoms with Gasteiger partial charge in [-0.1, -0.05) is 5.11 Å². The molecule has 0 aliphatic rings. The van der Waals surface area contributed by atoms with Gasteiger partial charge in [-0.15, -0.1) is 0 Å². The van der Waals surface area contributed by atoms with Gasteiger partial charge in [0.1, 0.15) is 6.23 Å². The second kappa shape index (κ2) is 10.3. The van der Waals surface area contributed by atoms with E-state index in [4.69, 9.17) is 19.7 Å². The predicted molar refractivity (Wildman–Crippen MR) is 51.9 cm³/mol. The summed E-state index contributed by atoms with van der Waals surface area (Å²) in [7, 11) is 0. The molecule has 0 saturated heterocycles. The molecule has 0 rings (SSSR count). The molecule has 0 bridgehead atoms. The fourth-order valence-corrected chi connectivity index (χ4v) is 0.748. The second-order valence-corrected chi connectivity index (χ2v) is 2.48. The summed E-state index contributed by atoms with van der Waals surface area (Å²) < 4.78 is 15.3. The van der Waals surface area contributed by atoms with Gasteiger partial charge in [0.15, 0.2) is 0 Å². The summed E-state index contributed by atoms with van der Waals surface area (Å²) in [6, 6.07) is 0. The molecule has 0 aliphatic heterocycles. The quantitative estimate of drug-likeness (QED) is 0.248. The molecule has 0 aliphatic carbocycles. The number of nitrogens with zero attached hydrogens (tertiary/aromatic N) is 3. The lowest BCUT2D eigenvalue weighted by Gasteiger charge is -2.07. The highest BCUT2D eigenvalue weighted by atomic mass is 16.5. The van der Waals surface area contributed by atoms with Crippen LogP contribution in [0.3, 0.4) is 0 Å². The maximum atomic E-state index is 8.07. The lowest BCUT2D eigenvalue weighted by atomic mass is 10.6. The van der Waals surface area contributed by atoms with Crippen LogP contribution in [0.5, 0.6) is 0 Å². The molecule has 0 aromatic carbocycles. The Bertz CT molecular complexity index is 171. The number of rotatable bonds is 9. The van der Waals surface area contributed by atoms with Crippen LogP contribution in [0, 0.1) is 0 Å². The van der Waals surface area contributed by atoms with Crippen LogP contribution in [0.2, 0.25) is 0 Å². The summed E-state index contributed by atoms with van der Waals surface area (Å²) in [6.45, 7) is 6.39. The molecular formula is C8H17N3O3. The highest BCUT2D eigenvalue weighted by Crippen LogP contribution is 1.92. The monoisotopic (exact) mass is 203 g/mol. The Balaban J connectivity index is 3.09. The SMILES string of the molecule is CCOCCOCCO[C@@H](C)N=[N+]=[N-]. The van der Waals surface area contributed by atoms with E-state index in [2.05, 4.69) is 10.0 Å². The zero-order chi connectivity index (χ0) is 10.6. The standard InChI is InChI=1S/C8H17N3O3/c1-3-12-4-5-13-6-7-14-8(2)10-11-9/h8H,3-7H2,1-2H3/t8-/m0/s1. The van der Waals surface area contributed by atoms with Crippen molar-refractivity contribution in [1.82, 2.24) is 0 Å². The molecule has 82 valence electrons. The van der Waals surface area contributed by atoms with Gasteiger partial charge in [-0.2, -0.15) is 0 Å². The van der Waals surface area contributed by atoms with Crippen LogP contribution in [0.4, 0.5) is 0 Å². The van der Waals surface area contributed by atoms with Gasteiger partial charge >= 0.3 is 0 Å². The Morgan fingerprint density at radius 2 is 1.86 bits per heavy atom. The second-order valence-electron chi connectivity index (χ2n) is 2.48. The van der Waals surface area contributed by atoms with Crippen LogP contribution in [0.1, 0.15) is 13.8 Å². The minimum absolute atomic E-state index is 0.423. The van der Waals surface area contributed by atoms with Gasteiger partial charge in [0.2, 0.25) is 0 Å². The zero-order valence-electron chi connectivity index (χ0n) is 8.68. The lowest BCUT2D eigenvalue weighted by molar-refractivity contribution is -0.00281. The van der Waals surface area contributed by atoms with E-state index in [1.54, 1.807) is 6.92 Å². The first-order chi connectivity index (χ1) is 6.81. The van der Waals surface area contributed by atoms with Gasteiger partial charge in [-0.3, -0.25) is 0 Å². The van der Waals surface area contributed by atoms with Crippen LogP contribution in [0.15, 0.2) is 5.11 Å². The first-order valence-corrected chi connectivity index (χ1v) is 4.62. The summed E-state index contributed by atoms with van der Waals surface area (Å²) in [4.78, 5) is 2.61. The fourth-order valence-electron chi connectivity index (χ4n) is 0.748. The molecule has 0 aromatic rings. The zero-order valence-corrected chi connectivity index (χ0v) is 8.68. The van der Waals surface area contributed by atoms with Crippen molar-refractivity contribution in [1.29, 1.82) is 0 Å². The normalized spacial score (nSPS) is 12.1. The van der Waals surface area contributed by atoms with Gasteiger partial charge in [0.05, 0.1) is 26.4 Å². The van der Waals surface area contributed by atoms with Gasteiger partial charge in [0, 0.05) is 11.5 Å². The Kier molecular flexibility index (Phi) is 9.68. The molecule has 0 spiro atoms. The van der Waals surface area contributed by atoms with E-state index in [0.29, 0.717) is 33.0 Å². The maximum absolute atomic E-state index is 8.07. The molecule has 0 heterocycles. The number of hydrogen-bond acceptors (Lipinski definition) is 4. The first-order valence-electron chi connectivity index (χ1n) is 4.62. The van der Waals surface area contributed by atoms with Crippen molar-refractivity contribution in [2.24, 2.45) is 5.11 Å². The van der Waals surface area contributed by atoms with E-state index >= 15 is 0 Å². The lowest BCUT2D eigenvalue weighted by Crippen LogP contribution is -2.12. The van der Waals surface area contributed by atoms with Crippen LogP contribution < -0.4 is 0 Å². The molecule has 0 radical (unpaired) electrons. The Morgan fingerprint density at radius 3 is 2.50 bits per heavy atom. The molecule has 0 N–H and O–H groups in total. The highest BCUT2D eigenvalue weighted by molar-refractivity contribution is 4.47. The van der Waals surface area contributed by atoms with E-state index in [-0.39, 0.29) is 0 Å². The average Bonchev–Trinajstić information content (AvgIpc) is 2.17.